The number of Topliss-reactive ketones (excluding diaryl/α,β-unsaturated/α-hetero) is 1. The first-order chi connectivity index (χ1) is 6.10. The first-order valence-corrected chi connectivity index (χ1v) is 4.39. The van der Waals surface area contributed by atoms with Crippen molar-refractivity contribution >= 4 is 5.78 Å². The number of nitrogens with one attached hydrogen (secondary N) is 1. The zero-order chi connectivity index (χ0) is 11.4. The van der Waals surface area contributed by atoms with Gasteiger partial charge in [0.25, 0.3) is 0 Å². The molecule has 5 heteroatoms. The maximum atomic E-state index is 11.7. The minimum Gasteiger partial charge on any atom is -0.302 e. The van der Waals surface area contributed by atoms with Crippen LogP contribution in [0.2, 0.25) is 0 Å². The molecule has 0 heterocycles. The first kappa shape index (κ1) is 13.4. The van der Waals surface area contributed by atoms with E-state index in [1.54, 1.807) is 0 Å². The Morgan fingerprint density at radius 2 is 1.71 bits per heavy atom. The number of rotatable bonds is 4. The summed E-state index contributed by atoms with van der Waals surface area (Å²) in [6.45, 7) is 4.29. The summed E-state index contributed by atoms with van der Waals surface area (Å²) >= 11 is 0. The van der Waals surface area contributed by atoms with Crippen LogP contribution in [0.15, 0.2) is 0 Å². The molecule has 84 valence electrons. The third-order valence-electron chi connectivity index (χ3n) is 1.38. The van der Waals surface area contributed by atoms with E-state index < -0.39 is 12.7 Å². The average Bonchev–Trinajstić information content (AvgIpc) is 1.78. The highest BCUT2D eigenvalue weighted by Crippen LogP contribution is 2.18. The lowest BCUT2D eigenvalue weighted by atomic mass is 9.90. The van der Waals surface area contributed by atoms with E-state index in [0.717, 1.165) is 0 Å². The van der Waals surface area contributed by atoms with Gasteiger partial charge in [0.05, 0.1) is 13.1 Å². The van der Waals surface area contributed by atoms with Gasteiger partial charge in [-0.1, -0.05) is 20.8 Å². The van der Waals surface area contributed by atoms with Crippen molar-refractivity contribution in [3.05, 3.63) is 0 Å². The molecule has 0 amide bonds. The summed E-state index contributed by atoms with van der Waals surface area (Å²) < 4.78 is 35.0. The molecule has 0 spiro atoms. The largest absolute Gasteiger partial charge is 0.401 e. The van der Waals surface area contributed by atoms with Crippen LogP contribution in [0.1, 0.15) is 27.2 Å². The van der Waals surface area contributed by atoms with Crippen LogP contribution >= 0.6 is 0 Å². The summed E-state index contributed by atoms with van der Waals surface area (Å²) in [5.74, 6) is -0.193. The second kappa shape index (κ2) is 4.77. The minimum atomic E-state index is -4.25. The Morgan fingerprint density at radius 3 is 2.07 bits per heavy atom. The van der Waals surface area contributed by atoms with Gasteiger partial charge in [-0.25, -0.2) is 0 Å². The molecule has 0 bridgehead atoms. The predicted octanol–water partition coefficient (Wildman–Crippen LogP) is 2.14. The summed E-state index contributed by atoms with van der Waals surface area (Å²) in [5, 5.41) is 2.07. The van der Waals surface area contributed by atoms with Gasteiger partial charge in [0.1, 0.15) is 5.78 Å². The Balaban J connectivity index is 3.66. The van der Waals surface area contributed by atoms with E-state index >= 15 is 0 Å². The van der Waals surface area contributed by atoms with Crippen molar-refractivity contribution in [3.63, 3.8) is 0 Å². The van der Waals surface area contributed by atoms with Gasteiger partial charge < -0.3 is 5.32 Å². The van der Waals surface area contributed by atoms with Crippen LogP contribution in [-0.2, 0) is 4.79 Å². The average molecular weight is 211 g/mol. The molecule has 0 unspecified atom stereocenters. The lowest BCUT2D eigenvalue weighted by molar-refractivity contribution is -0.128. The van der Waals surface area contributed by atoms with Crippen LogP contribution < -0.4 is 5.32 Å². The van der Waals surface area contributed by atoms with Crippen LogP contribution in [0.3, 0.4) is 0 Å². The lowest BCUT2D eigenvalue weighted by Gasteiger charge is -2.17. The van der Waals surface area contributed by atoms with E-state index in [9.17, 15) is 18.0 Å². The summed E-state index contributed by atoms with van der Waals surface area (Å²) in [6, 6.07) is 0. The number of carbonyl (C=O) groups excluding carboxylic acids is 1. The topological polar surface area (TPSA) is 29.1 Å². The zero-order valence-corrected chi connectivity index (χ0v) is 8.66. The molecule has 0 aliphatic heterocycles. The Morgan fingerprint density at radius 1 is 1.21 bits per heavy atom. The Kier molecular flexibility index (Phi) is 4.58. The van der Waals surface area contributed by atoms with Crippen molar-refractivity contribution in [2.45, 2.75) is 33.4 Å². The lowest BCUT2D eigenvalue weighted by Crippen LogP contribution is -2.33. The number of halogens is 3. The molecule has 0 aliphatic rings. The number of ketones is 1. The molecule has 0 atom stereocenters. The summed E-state index contributed by atoms with van der Waals surface area (Å²) in [4.78, 5) is 11.1. The van der Waals surface area contributed by atoms with Gasteiger partial charge in [-0.15, -0.1) is 0 Å². The van der Waals surface area contributed by atoms with Gasteiger partial charge in [0, 0.05) is 6.42 Å². The molecule has 0 radical (unpaired) electrons. The van der Waals surface area contributed by atoms with Gasteiger partial charge in [0.15, 0.2) is 0 Å². The number of hydrogen-bond acceptors (Lipinski definition) is 2. The molecule has 0 aliphatic carbocycles. The minimum absolute atomic E-state index is 0.170. The Labute approximate surface area is 81.9 Å². The molecule has 0 rings (SSSR count). The standard InChI is InChI=1S/C9H16F3NO/c1-8(2,3)4-7(14)5-13-6-9(10,11)12/h13H,4-6H2,1-3H3. The third kappa shape index (κ3) is 9.51. The van der Waals surface area contributed by atoms with Crippen LogP contribution in [0.5, 0.6) is 0 Å². The summed E-state index contributed by atoms with van der Waals surface area (Å²) in [6.07, 6.45) is -3.96. The van der Waals surface area contributed by atoms with Crippen LogP contribution in [0, 0.1) is 5.41 Å². The van der Waals surface area contributed by atoms with E-state index in [2.05, 4.69) is 5.32 Å². The van der Waals surface area contributed by atoms with E-state index in [4.69, 9.17) is 0 Å². The second-order valence-electron chi connectivity index (χ2n) is 4.49. The summed E-state index contributed by atoms with van der Waals surface area (Å²) in [7, 11) is 0. The Bertz CT molecular complexity index is 193. The highest BCUT2D eigenvalue weighted by Gasteiger charge is 2.26. The fraction of sp³-hybridized carbons (Fsp3) is 0.889. The van der Waals surface area contributed by atoms with E-state index in [1.165, 1.54) is 0 Å². The molecule has 0 fully saturated rings. The van der Waals surface area contributed by atoms with E-state index in [0.29, 0.717) is 0 Å². The van der Waals surface area contributed by atoms with Crippen molar-refractivity contribution in [1.82, 2.24) is 5.32 Å². The van der Waals surface area contributed by atoms with Gasteiger partial charge in [-0.2, -0.15) is 13.2 Å². The fourth-order valence-corrected chi connectivity index (χ4v) is 0.998. The quantitative estimate of drug-likeness (QED) is 0.771. The molecule has 1 N–H and O–H groups in total. The molecule has 0 aromatic rings. The van der Waals surface area contributed by atoms with Gasteiger partial charge in [-0.05, 0) is 5.41 Å². The van der Waals surface area contributed by atoms with Crippen LogP contribution in [0.25, 0.3) is 0 Å². The normalized spacial score (nSPS) is 13.0. The summed E-state index contributed by atoms with van der Waals surface area (Å²) in [5.41, 5.74) is -0.170. The predicted molar refractivity (Wildman–Crippen MR) is 48.0 cm³/mol. The maximum absolute atomic E-state index is 11.7. The highest BCUT2D eigenvalue weighted by molar-refractivity contribution is 5.80. The molecule has 0 aromatic heterocycles. The van der Waals surface area contributed by atoms with Crippen LogP contribution in [0.4, 0.5) is 13.2 Å². The number of alkyl halides is 3. The molecule has 2 nitrogen and oxygen atoms in total. The molecule has 0 saturated carbocycles. The van der Waals surface area contributed by atoms with Gasteiger partial charge in [0.2, 0.25) is 0 Å². The smallest absolute Gasteiger partial charge is 0.302 e. The highest BCUT2D eigenvalue weighted by atomic mass is 19.4. The van der Waals surface area contributed by atoms with Crippen molar-refractivity contribution in [1.29, 1.82) is 0 Å². The van der Waals surface area contributed by atoms with Gasteiger partial charge in [-0.3, -0.25) is 4.79 Å². The van der Waals surface area contributed by atoms with Gasteiger partial charge >= 0.3 is 6.18 Å². The van der Waals surface area contributed by atoms with E-state index in [-0.39, 0.29) is 24.2 Å². The second-order valence-corrected chi connectivity index (χ2v) is 4.49. The molecule has 0 aromatic carbocycles. The van der Waals surface area contributed by atoms with Crippen molar-refractivity contribution in [3.8, 4) is 0 Å². The number of carbonyl (C=O) groups is 1. The fourth-order valence-electron chi connectivity index (χ4n) is 0.998. The molecular formula is C9H16F3NO. The van der Waals surface area contributed by atoms with Crippen molar-refractivity contribution in [2.75, 3.05) is 13.1 Å². The monoisotopic (exact) mass is 211 g/mol. The van der Waals surface area contributed by atoms with Crippen LogP contribution in [-0.4, -0.2) is 25.0 Å². The Hall–Kier alpha value is -0.580. The SMILES string of the molecule is CC(C)(C)CC(=O)CNCC(F)(F)F. The molecule has 0 saturated heterocycles. The first-order valence-electron chi connectivity index (χ1n) is 4.39. The maximum Gasteiger partial charge on any atom is 0.401 e. The van der Waals surface area contributed by atoms with Crippen molar-refractivity contribution in [2.24, 2.45) is 5.41 Å². The van der Waals surface area contributed by atoms with E-state index in [1.807, 2.05) is 20.8 Å². The zero-order valence-electron chi connectivity index (χ0n) is 8.66. The van der Waals surface area contributed by atoms with Crippen molar-refractivity contribution < 1.29 is 18.0 Å². The third-order valence-corrected chi connectivity index (χ3v) is 1.38. The number of hydrogen-bond donors (Lipinski definition) is 1. The molecular weight excluding hydrogens is 195 g/mol. The molecule has 14 heavy (non-hydrogen) atoms.